The van der Waals surface area contributed by atoms with E-state index in [0.29, 0.717) is 5.82 Å². The molecule has 0 aromatic carbocycles. The van der Waals surface area contributed by atoms with Crippen molar-refractivity contribution in [2.24, 2.45) is 13.0 Å². The molecular formula is C10H16N4O3. The average Bonchev–Trinajstić information content (AvgIpc) is 2.87. The fraction of sp³-hybridized carbons (Fsp3) is 0.700. The van der Waals surface area contributed by atoms with E-state index < -0.39 is 4.92 Å². The zero-order valence-corrected chi connectivity index (χ0v) is 9.67. The summed E-state index contributed by atoms with van der Waals surface area (Å²) in [5.41, 5.74) is 0. The Kier molecular flexibility index (Phi) is 3.28. The molecule has 94 valence electrons. The molecule has 1 aromatic rings. The Morgan fingerprint density at radius 2 is 2.47 bits per heavy atom. The molecule has 1 fully saturated rings. The quantitative estimate of drug-likeness (QED) is 0.602. The molecule has 0 spiro atoms. The zero-order chi connectivity index (χ0) is 12.4. The summed E-state index contributed by atoms with van der Waals surface area (Å²) >= 11 is 0. The maximum absolute atomic E-state index is 10.8. The first kappa shape index (κ1) is 11.8. The van der Waals surface area contributed by atoms with Crippen molar-refractivity contribution < 1.29 is 10.0 Å². The van der Waals surface area contributed by atoms with Crippen LogP contribution in [0.3, 0.4) is 0 Å². The van der Waals surface area contributed by atoms with Crippen molar-refractivity contribution in [2.45, 2.75) is 25.3 Å². The summed E-state index contributed by atoms with van der Waals surface area (Å²) in [5.74, 6) is 0.431. The lowest BCUT2D eigenvalue weighted by molar-refractivity contribution is -0.388. The molecule has 2 atom stereocenters. The van der Waals surface area contributed by atoms with E-state index in [-0.39, 0.29) is 24.4 Å². The lowest BCUT2D eigenvalue weighted by atomic mass is 10.1. The van der Waals surface area contributed by atoms with Gasteiger partial charge in [0.25, 0.3) is 0 Å². The minimum absolute atomic E-state index is 0.0918. The van der Waals surface area contributed by atoms with Gasteiger partial charge < -0.3 is 20.5 Å². The number of nitrogens with zero attached hydrogens (tertiary/aromatic N) is 3. The molecule has 0 bridgehead atoms. The molecule has 2 unspecified atom stereocenters. The van der Waals surface area contributed by atoms with E-state index in [0.717, 1.165) is 19.3 Å². The van der Waals surface area contributed by atoms with Gasteiger partial charge in [0.05, 0.1) is 0 Å². The molecule has 0 amide bonds. The van der Waals surface area contributed by atoms with Crippen molar-refractivity contribution in [1.29, 1.82) is 0 Å². The zero-order valence-electron chi connectivity index (χ0n) is 9.67. The van der Waals surface area contributed by atoms with Crippen LogP contribution < -0.4 is 5.32 Å². The molecule has 7 nitrogen and oxygen atoms in total. The molecule has 17 heavy (non-hydrogen) atoms. The second-order valence-corrected chi connectivity index (χ2v) is 4.41. The number of aliphatic hydroxyl groups excluding tert-OH is 1. The van der Waals surface area contributed by atoms with Crippen LogP contribution in [-0.2, 0) is 7.05 Å². The first-order chi connectivity index (χ1) is 8.13. The van der Waals surface area contributed by atoms with E-state index in [1.807, 2.05) is 0 Å². The number of anilines is 1. The number of aryl methyl sites for hydroxylation is 1. The number of nitrogens with one attached hydrogen (secondary N) is 1. The Balaban J connectivity index is 2.17. The van der Waals surface area contributed by atoms with Crippen molar-refractivity contribution in [1.82, 2.24) is 9.55 Å². The third kappa shape index (κ3) is 2.23. The number of imidazole rings is 1. The minimum Gasteiger partial charge on any atom is -0.396 e. The summed E-state index contributed by atoms with van der Waals surface area (Å²) in [6, 6.07) is 0.0918. The molecule has 1 aromatic heterocycles. The fourth-order valence-electron chi connectivity index (χ4n) is 2.34. The Morgan fingerprint density at radius 1 is 1.71 bits per heavy atom. The van der Waals surface area contributed by atoms with Gasteiger partial charge in [-0.25, -0.2) is 0 Å². The number of rotatable bonds is 4. The van der Waals surface area contributed by atoms with E-state index in [1.165, 1.54) is 6.33 Å². The fourth-order valence-corrected chi connectivity index (χ4v) is 2.34. The Morgan fingerprint density at radius 3 is 3.12 bits per heavy atom. The monoisotopic (exact) mass is 240 g/mol. The average molecular weight is 240 g/mol. The molecule has 1 heterocycles. The summed E-state index contributed by atoms with van der Waals surface area (Å²) in [7, 11) is 1.71. The molecule has 0 radical (unpaired) electrons. The van der Waals surface area contributed by atoms with Crippen LogP contribution in [0.4, 0.5) is 11.6 Å². The predicted molar refractivity (Wildman–Crippen MR) is 61.7 cm³/mol. The highest BCUT2D eigenvalue weighted by Gasteiger charge is 2.30. The lowest BCUT2D eigenvalue weighted by Gasteiger charge is -2.19. The maximum atomic E-state index is 10.8. The number of aliphatic hydroxyl groups is 1. The van der Waals surface area contributed by atoms with Gasteiger partial charge in [-0.2, -0.15) is 0 Å². The highest BCUT2D eigenvalue weighted by molar-refractivity contribution is 5.52. The van der Waals surface area contributed by atoms with Gasteiger partial charge in [0, 0.05) is 25.6 Å². The highest BCUT2D eigenvalue weighted by Crippen LogP contribution is 2.30. The third-order valence-corrected chi connectivity index (χ3v) is 3.31. The number of nitro groups is 1. The van der Waals surface area contributed by atoms with Crippen LogP contribution in [0.15, 0.2) is 6.33 Å². The maximum Gasteiger partial charge on any atom is 0.406 e. The Hall–Kier alpha value is -1.63. The normalized spacial score (nSPS) is 23.9. The third-order valence-electron chi connectivity index (χ3n) is 3.31. The molecule has 0 saturated heterocycles. The van der Waals surface area contributed by atoms with Crippen LogP contribution in [0.2, 0.25) is 0 Å². The first-order valence-electron chi connectivity index (χ1n) is 5.66. The van der Waals surface area contributed by atoms with Crippen LogP contribution in [0.25, 0.3) is 0 Å². The molecule has 1 aliphatic rings. The second kappa shape index (κ2) is 4.70. The molecule has 7 heteroatoms. The second-order valence-electron chi connectivity index (χ2n) is 4.41. The van der Waals surface area contributed by atoms with Crippen LogP contribution in [0.5, 0.6) is 0 Å². The molecular weight excluding hydrogens is 224 g/mol. The lowest BCUT2D eigenvalue weighted by Crippen LogP contribution is -2.27. The van der Waals surface area contributed by atoms with Crippen LogP contribution in [0, 0.1) is 16.0 Å². The van der Waals surface area contributed by atoms with Crippen molar-refractivity contribution in [3.8, 4) is 0 Å². The van der Waals surface area contributed by atoms with Crippen molar-refractivity contribution in [3.05, 3.63) is 16.4 Å². The summed E-state index contributed by atoms with van der Waals surface area (Å²) < 4.78 is 1.60. The van der Waals surface area contributed by atoms with Gasteiger partial charge in [-0.3, -0.25) is 4.57 Å². The van der Waals surface area contributed by atoms with E-state index in [4.69, 9.17) is 0 Å². The van der Waals surface area contributed by atoms with Gasteiger partial charge in [0.15, 0.2) is 0 Å². The van der Waals surface area contributed by atoms with Crippen molar-refractivity contribution >= 4 is 11.6 Å². The molecule has 2 N–H and O–H groups in total. The topological polar surface area (TPSA) is 93.2 Å². The highest BCUT2D eigenvalue weighted by atomic mass is 16.6. The largest absolute Gasteiger partial charge is 0.406 e. The van der Waals surface area contributed by atoms with Crippen LogP contribution in [-0.4, -0.2) is 32.2 Å². The standard InChI is InChI=1S/C10H16N4O3/c1-13-6-11-9(14(16)17)10(13)12-8-4-2-3-7(8)5-15/h6-8,12,15H,2-5H2,1H3. The summed E-state index contributed by atoms with van der Waals surface area (Å²) in [6.07, 6.45) is 4.34. The molecule has 0 aliphatic heterocycles. The molecule has 1 aliphatic carbocycles. The molecule has 1 saturated carbocycles. The smallest absolute Gasteiger partial charge is 0.396 e. The van der Waals surface area contributed by atoms with E-state index in [2.05, 4.69) is 10.3 Å². The van der Waals surface area contributed by atoms with Crippen molar-refractivity contribution in [3.63, 3.8) is 0 Å². The van der Waals surface area contributed by atoms with Gasteiger partial charge in [0.2, 0.25) is 12.1 Å². The summed E-state index contributed by atoms with van der Waals surface area (Å²) in [5, 5.41) is 23.2. The number of hydrogen-bond donors (Lipinski definition) is 2. The number of hydrogen-bond acceptors (Lipinski definition) is 5. The van der Waals surface area contributed by atoms with Crippen molar-refractivity contribution in [2.75, 3.05) is 11.9 Å². The first-order valence-corrected chi connectivity index (χ1v) is 5.66. The van der Waals surface area contributed by atoms with Gasteiger partial charge in [-0.05, 0) is 22.7 Å². The van der Waals surface area contributed by atoms with Gasteiger partial charge >= 0.3 is 5.82 Å². The van der Waals surface area contributed by atoms with Gasteiger partial charge in [0.1, 0.15) is 0 Å². The number of aromatic nitrogens is 2. The van der Waals surface area contributed by atoms with E-state index in [9.17, 15) is 15.2 Å². The summed E-state index contributed by atoms with van der Waals surface area (Å²) in [6.45, 7) is 0.114. The molecule has 2 rings (SSSR count). The van der Waals surface area contributed by atoms with E-state index in [1.54, 1.807) is 11.6 Å². The Labute approximate surface area is 98.6 Å². The van der Waals surface area contributed by atoms with E-state index >= 15 is 0 Å². The minimum atomic E-state index is -0.495. The van der Waals surface area contributed by atoms with Crippen LogP contribution >= 0.6 is 0 Å². The van der Waals surface area contributed by atoms with Crippen LogP contribution in [0.1, 0.15) is 19.3 Å². The Bertz CT molecular complexity index is 418. The van der Waals surface area contributed by atoms with Gasteiger partial charge in [-0.15, -0.1) is 0 Å². The SMILES string of the molecule is Cn1cnc([N+](=O)[O-])c1NC1CCCC1CO. The predicted octanol–water partition coefficient (Wildman–Crippen LogP) is 0.901. The van der Waals surface area contributed by atoms with Gasteiger partial charge in [-0.1, -0.05) is 6.42 Å². The summed E-state index contributed by atoms with van der Waals surface area (Å²) in [4.78, 5) is 14.1.